The standard InChI is InChI=1S/C18H21FN4O3/c1-11(2)16-14(10-20-23(16)13-7-5-12(19)6-8-13)17(24)21-22-18(25)15-4-3-9-26-15/h5-8,10-11,15H,3-4,9H2,1-2H3,(H,21,24)(H,22,25). The van der Waals surface area contributed by atoms with Crippen molar-refractivity contribution in [3.05, 3.63) is 47.5 Å². The number of nitrogens with zero attached hydrogens (tertiary/aromatic N) is 2. The molecule has 2 heterocycles. The molecule has 1 saturated heterocycles. The van der Waals surface area contributed by atoms with E-state index < -0.39 is 12.0 Å². The molecule has 1 aliphatic rings. The zero-order valence-corrected chi connectivity index (χ0v) is 14.7. The highest BCUT2D eigenvalue weighted by molar-refractivity contribution is 5.96. The summed E-state index contributed by atoms with van der Waals surface area (Å²) in [7, 11) is 0. The van der Waals surface area contributed by atoms with Gasteiger partial charge in [0.2, 0.25) is 0 Å². The molecule has 7 nitrogen and oxygen atoms in total. The molecule has 0 spiro atoms. The smallest absolute Gasteiger partial charge is 0.273 e. The molecule has 3 rings (SSSR count). The maximum atomic E-state index is 13.2. The Hall–Kier alpha value is -2.74. The monoisotopic (exact) mass is 360 g/mol. The Morgan fingerprint density at radius 3 is 2.62 bits per heavy atom. The van der Waals surface area contributed by atoms with Gasteiger partial charge in [-0.3, -0.25) is 20.4 Å². The number of rotatable bonds is 4. The normalized spacial score (nSPS) is 16.7. The van der Waals surface area contributed by atoms with Crippen LogP contribution in [0.1, 0.15) is 48.7 Å². The lowest BCUT2D eigenvalue weighted by atomic mass is 10.1. The Bertz CT molecular complexity index is 795. The van der Waals surface area contributed by atoms with Crippen molar-refractivity contribution in [1.82, 2.24) is 20.6 Å². The van der Waals surface area contributed by atoms with E-state index in [1.807, 2.05) is 13.8 Å². The summed E-state index contributed by atoms with van der Waals surface area (Å²) in [5.74, 6) is -1.19. The van der Waals surface area contributed by atoms with E-state index in [1.165, 1.54) is 18.3 Å². The second-order valence-electron chi connectivity index (χ2n) is 6.43. The molecule has 2 aromatic rings. The summed E-state index contributed by atoms with van der Waals surface area (Å²) in [5, 5.41) is 4.26. The van der Waals surface area contributed by atoms with Crippen LogP contribution >= 0.6 is 0 Å². The highest BCUT2D eigenvalue weighted by Crippen LogP contribution is 2.23. The lowest BCUT2D eigenvalue weighted by Crippen LogP contribution is -2.46. The third-order valence-corrected chi connectivity index (χ3v) is 4.19. The number of ether oxygens (including phenoxy) is 1. The third-order valence-electron chi connectivity index (χ3n) is 4.19. The van der Waals surface area contributed by atoms with E-state index in [4.69, 9.17) is 4.74 Å². The number of halogens is 1. The molecule has 1 aromatic heterocycles. The van der Waals surface area contributed by atoms with Crippen molar-refractivity contribution >= 4 is 11.8 Å². The van der Waals surface area contributed by atoms with Gasteiger partial charge in [0.05, 0.1) is 23.1 Å². The van der Waals surface area contributed by atoms with Gasteiger partial charge < -0.3 is 4.74 Å². The molecule has 0 radical (unpaired) electrons. The van der Waals surface area contributed by atoms with Crippen LogP contribution < -0.4 is 10.9 Å². The van der Waals surface area contributed by atoms with Crippen molar-refractivity contribution < 1.29 is 18.7 Å². The first kappa shape index (κ1) is 18.1. The predicted molar refractivity (Wildman–Crippen MR) is 92.2 cm³/mol. The molecule has 2 amide bonds. The van der Waals surface area contributed by atoms with E-state index in [0.717, 1.165) is 6.42 Å². The zero-order chi connectivity index (χ0) is 18.7. The lowest BCUT2D eigenvalue weighted by molar-refractivity contribution is -0.130. The number of hydrogen-bond donors (Lipinski definition) is 2. The van der Waals surface area contributed by atoms with Crippen LogP contribution in [-0.2, 0) is 9.53 Å². The van der Waals surface area contributed by atoms with Crippen molar-refractivity contribution in [3.8, 4) is 5.69 Å². The van der Waals surface area contributed by atoms with E-state index in [0.29, 0.717) is 30.0 Å². The van der Waals surface area contributed by atoms with Gasteiger partial charge in [0.1, 0.15) is 11.9 Å². The van der Waals surface area contributed by atoms with Crippen molar-refractivity contribution in [2.45, 2.75) is 38.7 Å². The Morgan fingerprint density at radius 2 is 2.00 bits per heavy atom. The first-order valence-electron chi connectivity index (χ1n) is 8.53. The number of nitrogens with one attached hydrogen (secondary N) is 2. The van der Waals surface area contributed by atoms with Crippen LogP contribution in [0.3, 0.4) is 0 Å². The molecule has 1 atom stereocenters. The Kier molecular flexibility index (Phi) is 5.32. The van der Waals surface area contributed by atoms with E-state index in [1.54, 1.807) is 16.8 Å². The van der Waals surface area contributed by atoms with Crippen molar-refractivity contribution in [2.75, 3.05) is 6.61 Å². The summed E-state index contributed by atoms with van der Waals surface area (Å²) in [6, 6.07) is 5.86. The number of carbonyl (C=O) groups excluding carboxylic acids is 2. The van der Waals surface area contributed by atoms with Gasteiger partial charge in [-0.15, -0.1) is 0 Å². The minimum absolute atomic E-state index is 0.0165. The minimum atomic E-state index is -0.526. The van der Waals surface area contributed by atoms with Crippen LogP contribution in [0.25, 0.3) is 5.69 Å². The molecule has 0 bridgehead atoms. The molecule has 0 aliphatic carbocycles. The van der Waals surface area contributed by atoms with Crippen LogP contribution in [0.5, 0.6) is 0 Å². The van der Waals surface area contributed by atoms with E-state index >= 15 is 0 Å². The van der Waals surface area contributed by atoms with Crippen LogP contribution in [0.4, 0.5) is 4.39 Å². The number of amides is 2. The van der Waals surface area contributed by atoms with Gasteiger partial charge in [0.25, 0.3) is 11.8 Å². The molecule has 1 unspecified atom stereocenters. The van der Waals surface area contributed by atoms with Gasteiger partial charge in [-0.1, -0.05) is 13.8 Å². The van der Waals surface area contributed by atoms with Crippen molar-refractivity contribution in [2.24, 2.45) is 0 Å². The average Bonchev–Trinajstić information content (AvgIpc) is 3.29. The van der Waals surface area contributed by atoms with Crippen LogP contribution in [0.15, 0.2) is 30.5 Å². The molecule has 1 fully saturated rings. The topological polar surface area (TPSA) is 85.2 Å². The summed E-state index contributed by atoms with van der Waals surface area (Å²) in [6.07, 6.45) is 2.38. The summed E-state index contributed by atoms with van der Waals surface area (Å²) in [4.78, 5) is 24.5. The number of hydrazine groups is 1. The largest absolute Gasteiger partial charge is 0.368 e. The van der Waals surface area contributed by atoms with E-state index in [2.05, 4.69) is 16.0 Å². The number of benzene rings is 1. The van der Waals surface area contributed by atoms with Gasteiger partial charge >= 0.3 is 0 Å². The third kappa shape index (κ3) is 3.75. The second-order valence-corrected chi connectivity index (χ2v) is 6.43. The molecule has 8 heteroatoms. The van der Waals surface area contributed by atoms with Gasteiger partial charge in [-0.05, 0) is 43.0 Å². The highest BCUT2D eigenvalue weighted by Gasteiger charge is 2.25. The Labute approximate surface area is 150 Å². The molecular formula is C18H21FN4O3. The Morgan fingerprint density at radius 1 is 1.27 bits per heavy atom. The summed E-state index contributed by atoms with van der Waals surface area (Å²) in [5.41, 5.74) is 6.47. The van der Waals surface area contributed by atoms with Gasteiger partial charge in [0.15, 0.2) is 0 Å². The number of aromatic nitrogens is 2. The maximum Gasteiger partial charge on any atom is 0.273 e. The SMILES string of the molecule is CC(C)c1c(C(=O)NNC(=O)C2CCCO2)cnn1-c1ccc(F)cc1. The first-order chi connectivity index (χ1) is 12.5. The summed E-state index contributed by atoms with van der Waals surface area (Å²) >= 11 is 0. The van der Waals surface area contributed by atoms with Gasteiger partial charge in [0, 0.05) is 6.61 Å². The number of hydrogen-bond acceptors (Lipinski definition) is 4. The predicted octanol–water partition coefficient (Wildman–Crippen LogP) is 2.07. The zero-order valence-electron chi connectivity index (χ0n) is 14.7. The van der Waals surface area contributed by atoms with Crippen molar-refractivity contribution in [3.63, 3.8) is 0 Å². The average molecular weight is 360 g/mol. The van der Waals surface area contributed by atoms with Crippen LogP contribution in [-0.4, -0.2) is 34.3 Å². The number of carbonyl (C=O) groups is 2. The molecule has 1 aromatic carbocycles. The van der Waals surface area contributed by atoms with E-state index in [-0.39, 0.29) is 17.6 Å². The molecule has 138 valence electrons. The molecule has 2 N–H and O–H groups in total. The highest BCUT2D eigenvalue weighted by atomic mass is 19.1. The second kappa shape index (κ2) is 7.65. The molecule has 1 aliphatic heterocycles. The van der Waals surface area contributed by atoms with Gasteiger partial charge in [-0.25, -0.2) is 9.07 Å². The quantitative estimate of drug-likeness (QED) is 0.818. The molecular weight excluding hydrogens is 339 g/mol. The first-order valence-corrected chi connectivity index (χ1v) is 8.53. The van der Waals surface area contributed by atoms with E-state index in [9.17, 15) is 14.0 Å². The minimum Gasteiger partial charge on any atom is -0.368 e. The molecule has 26 heavy (non-hydrogen) atoms. The fourth-order valence-corrected chi connectivity index (χ4v) is 2.93. The molecule has 0 saturated carbocycles. The fourth-order valence-electron chi connectivity index (χ4n) is 2.93. The maximum absolute atomic E-state index is 13.2. The lowest BCUT2D eigenvalue weighted by Gasteiger charge is -2.14. The van der Waals surface area contributed by atoms with Crippen molar-refractivity contribution in [1.29, 1.82) is 0 Å². The van der Waals surface area contributed by atoms with Gasteiger partial charge in [-0.2, -0.15) is 5.10 Å². The van der Waals surface area contributed by atoms with Crippen LogP contribution in [0.2, 0.25) is 0 Å². The fraction of sp³-hybridized carbons (Fsp3) is 0.389. The summed E-state index contributed by atoms with van der Waals surface area (Å²) < 4.78 is 20.0. The van der Waals surface area contributed by atoms with Crippen LogP contribution in [0, 0.1) is 5.82 Å². The Balaban J connectivity index is 1.77. The summed E-state index contributed by atoms with van der Waals surface area (Å²) in [6.45, 7) is 4.41.